The van der Waals surface area contributed by atoms with E-state index in [2.05, 4.69) is 0 Å². The molecular formula is C19H19F4NO2. The Kier molecular flexibility index (Phi) is 6.23. The predicted molar refractivity (Wildman–Crippen MR) is 89.2 cm³/mol. The number of ether oxygens (including phenoxy) is 1. The first-order chi connectivity index (χ1) is 12.2. The Morgan fingerprint density at radius 1 is 1.15 bits per heavy atom. The summed E-state index contributed by atoms with van der Waals surface area (Å²) in [5, 5.41) is 0. The number of alkyl halides is 3. The molecule has 0 aliphatic carbocycles. The molecule has 0 spiro atoms. The van der Waals surface area contributed by atoms with Crippen LogP contribution in [0, 0.1) is 5.82 Å². The Bertz CT molecular complexity index is 774. The van der Waals surface area contributed by atoms with E-state index in [1.165, 1.54) is 49.4 Å². The largest absolute Gasteiger partial charge is 0.494 e. The highest BCUT2D eigenvalue weighted by atomic mass is 19.4. The number of carbonyl (C=O) groups excluding carboxylic acids is 1. The third kappa shape index (κ3) is 4.97. The smallest absolute Gasteiger partial charge is 0.416 e. The zero-order valence-electron chi connectivity index (χ0n) is 14.4. The maximum atomic E-state index is 13.7. The van der Waals surface area contributed by atoms with Crippen LogP contribution in [0.5, 0.6) is 5.75 Å². The first-order valence-electron chi connectivity index (χ1n) is 7.94. The molecule has 0 saturated carbocycles. The molecule has 140 valence electrons. The highest BCUT2D eigenvalue weighted by Crippen LogP contribution is 2.32. The number of rotatable bonds is 6. The summed E-state index contributed by atoms with van der Waals surface area (Å²) in [6, 6.07) is 9.56. The van der Waals surface area contributed by atoms with Gasteiger partial charge in [0, 0.05) is 20.0 Å². The van der Waals surface area contributed by atoms with Gasteiger partial charge in [-0.25, -0.2) is 4.39 Å². The number of benzene rings is 2. The summed E-state index contributed by atoms with van der Waals surface area (Å²) in [5.74, 6) is -0.732. The fourth-order valence-electron chi connectivity index (χ4n) is 2.59. The van der Waals surface area contributed by atoms with E-state index in [1.54, 1.807) is 6.07 Å². The molecule has 0 bridgehead atoms. The zero-order chi connectivity index (χ0) is 19.3. The van der Waals surface area contributed by atoms with Gasteiger partial charge in [-0.15, -0.1) is 0 Å². The van der Waals surface area contributed by atoms with E-state index >= 15 is 0 Å². The van der Waals surface area contributed by atoms with E-state index in [9.17, 15) is 22.4 Å². The Morgan fingerprint density at radius 3 is 2.46 bits per heavy atom. The van der Waals surface area contributed by atoms with Crippen LogP contribution < -0.4 is 4.74 Å². The average Bonchev–Trinajstić information content (AvgIpc) is 2.59. The molecule has 2 rings (SSSR count). The normalized spacial score (nSPS) is 11.3. The van der Waals surface area contributed by atoms with Crippen LogP contribution >= 0.6 is 0 Å². The molecule has 2 aromatic carbocycles. The Balaban J connectivity index is 1.99. The Morgan fingerprint density at radius 2 is 1.85 bits per heavy atom. The van der Waals surface area contributed by atoms with Crippen LogP contribution in [-0.2, 0) is 23.9 Å². The highest BCUT2D eigenvalue weighted by Gasteiger charge is 2.33. The van der Waals surface area contributed by atoms with Gasteiger partial charge in [0.15, 0.2) is 11.6 Å². The minimum atomic E-state index is -4.47. The van der Waals surface area contributed by atoms with Gasteiger partial charge in [-0.2, -0.15) is 13.2 Å². The molecule has 0 heterocycles. The van der Waals surface area contributed by atoms with Crippen LogP contribution in [-0.4, -0.2) is 25.0 Å². The number of hydrogen-bond acceptors (Lipinski definition) is 2. The molecule has 2 aromatic rings. The van der Waals surface area contributed by atoms with Crippen molar-refractivity contribution < 1.29 is 27.1 Å². The van der Waals surface area contributed by atoms with Crippen molar-refractivity contribution in [1.29, 1.82) is 0 Å². The van der Waals surface area contributed by atoms with Crippen LogP contribution in [0.4, 0.5) is 17.6 Å². The van der Waals surface area contributed by atoms with Crippen molar-refractivity contribution in [2.75, 3.05) is 14.2 Å². The number of halogens is 4. The molecule has 0 unspecified atom stereocenters. The summed E-state index contributed by atoms with van der Waals surface area (Å²) in [7, 11) is 2.81. The van der Waals surface area contributed by atoms with Gasteiger partial charge < -0.3 is 9.64 Å². The van der Waals surface area contributed by atoms with E-state index < -0.39 is 17.6 Å². The summed E-state index contributed by atoms with van der Waals surface area (Å²) in [6.07, 6.45) is -4.12. The lowest BCUT2D eigenvalue weighted by molar-refractivity contribution is -0.139. The summed E-state index contributed by atoms with van der Waals surface area (Å²) in [4.78, 5) is 13.5. The molecule has 0 aliphatic heterocycles. The molecule has 0 saturated heterocycles. The molecule has 0 radical (unpaired) electrons. The number of nitrogens with zero attached hydrogens (tertiary/aromatic N) is 1. The summed E-state index contributed by atoms with van der Waals surface area (Å²) < 4.78 is 57.5. The second-order valence-electron chi connectivity index (χ2n) is 5.87. The van der Waals surface area contributed by atoms with Crippen LogP contribution in [0.3, 0.4) is 0 Å². The van der Waals surface area contributed by atoms with Gasteiger partial charge in [0.1, 0.15) is 0 Å². The van der Waals surface area contributed by atoms with Gasteiger partial charge in [-0.05, 0) is 35.7 Å². The number of amides is 1. The van der Waals surface area contributed by atoms with Gasteiger partial charge >= 0.3 is 6.18 Å². The minimum Gasteiger partial charge on any atom is -0.494 e. The fraction of sp³-hybridized carbons (Fsp3) is 0.316. The van der Waals surface area contributed by atoms with Crippen molar-refractivity contribution >= 4 is 5.91 Å². The Labute approximate surface area is 149 Å². The predicted octanol–water partition coefficient (Wildman–Crippen LogP) is 4.44. The van der Waals surface area contributed by atoms with Gasteiger partial charge in [0.25, 0.3) is 0 Å². The van der Waals surface area contributed by atoms with Crippen molar-refractivity contribution in [2.45, 2.75) is 25.6 Å². The van der Waals surface area contributed by atoms with Crippen molar-refractivity contribution in [1.82, 2.24) is 4.90 Å². The van der Waals surface area contributed by atoms with Crippen molar-refractivity contribution in [2.24, 2.45) is 0 Å². The highest BCUT2D eigenvalue weighted by molar-refractivity contribution is 5.76. The maximum Gasteiger partial charge on any atom is 0.416 e. The summed E-state index contributed by atoms with van der Waals surface area (Å²) >= 11 is 0. The molecule has 26 heavy (non-hydrogen) atoms. The third-order valence-corrected chi connectivity index (χ3v) is 4.00. The molecule has 0 atom stereocenters. The molecule has 7 heteroatoms. The summed E-state index contributed by atoms with van der Waals surface area (Å²) in [6.45, 7) is -0.147. The lowest BCUT2D eigenvalue weighted by atomic mass is 10.1. The SMILES string of the molecule is COc1ccc(CCC(=O)N(C)Cc2ccccc2C(F)(F)F)cc1F. The molecule has 0 aliphatic rings. The minimum absolute atomic E-state index is 0.0336. The van der Waals surface area contributed by atoms with Crippen LogP contribution in [0.2, 0.25) is 0 Å². The van der Waals surface area contributed by atoms with Gasteiger partial charge in [-0.1, -0.05) is 24.3 Å². The average molecular weight is 369 g/mol. The maximum absolute atomic E-state index is 13.7. The molecule has 1 amide bonds. The second-order valence-corrected chi connectivity index (χ2v) is 5.87. The standard InChI is InChI=1S/C19H19F4NO2/c1-24(12-14-5-3-4-6-15(14)19(21,22)23)18(25)10-8-13-7-9-17(26-2)16(20)11-13/h3-7,9,11H,8,10,12H2,1-2H3. The van der Waals surface area contributed by atoms with Gasteiger partial charge in [-0.3, -0.25) is 4.79 Å². The Hall–Kier alpha value is -2.57. The van der Waals surface area contributed by atoms with Gasteiger partial charge in [0.05, 0.1) is 12.7 Å². The van der Waals surface area contributed by atoms with Crippen molar-refractivity contribution in [3.8, 4) is 5.75 Å². The summed E-state index contributed by atoms with van der Waals surface area (Å²) in [5.41, 5.74) is -0.107. The van der Waals surface area contributed by atoms with Gasteiger partial charge in [0.2, 0.25) is 5.91 Å². The van der Waals surface area contributed by atoms with Crippen molar-refractivity contribution in [3.05, 3.63) is 65.0 Å². The quantitative estimate of drug-likeness (QED) is 0.705. The number of carbonyl (C=O) groups is 1. The van der Waals surface area contributed by atoms with Crippen LogP contribution in [0.25, 0.3) is 0 Å². The van der Waals surface area contributed by atoms with Crippen LogP contribution in [0.1, 0.15) is 23.1 Å². The molecule has 0 N–H and O–H groups in total. The van der Waals surface area contributed by atoms with E-state index in [0.717, 1.165) is 6.07 Å². The topological polar surface area (TPSA) is 29.5 Å². The van der Waals surface area contributed by atoms with E-state index in [4.69, 9.17) is 4.74 Å². The molecular weight excluding hydrogens is 350 g/mol. The first kappa shape index (κ1) is 19.8. The molecule has 0 aromatic heterocycles. The van der Waals surface area contributed by atoms with Crippen LogP contribution in [0.15, 0.2) is 42.5 Å². The third-order valence-electron chi connectivity index (χ3n) is 4.00. The number of aryl methyl sites for hydroxylation is 1. The number of hydrogen-bond donors (Lipinski definition) is 0. The number of methoxy groups -OCH3 is 1. The monoisotopic (exact) mass is 369 g/mol. The van der Waals surface area contributed by atoms with E-state index in [1.807, 2.05) is 0 Å². The lowest BCUT2D eigenvalue weighted by Crippen LogP contribution is -2.27. The fourth-order valence-corrected chi connectivity index (χ4v) is 2.59. The first-order valence-corrected chi connectivity index (χ1v) is 7.94. The lowest BCUT2D eigenvalue weighted by Gasteiger charge is -2.20. The zero-order valence-corrected chi connectivity index (χ0v) is 14.4. The molecule has 0 fully saturated rings. The second kappa shape index (κ2) is 8.21. The van der Waals surface area contributed by atoms with E-state index in [-0.39, 0.29) is 36.6 Å². The van der Waals surface area contributed by atoms with E-state index in [0.29, 0.717) is 5.56 Å². The van der Waals surface area contributed by atoms with Crippen molar-refractivity contribution in [3.63, 3.8) is 0 Å². The molecule has 3 nitrogen and oxygen atoms in total.